The lowest BCUT2D eigenvalue weighted by molar-refractivity contribution is -0.127. The SMILES string of the molecule is CCCC(C)(NCC(C)(C)CC)C(=O)NCC. The van der Waals surface area contributed by atoms with Gasteiger partial charge < -0.3 is 10.6 Å². The molecule has 102 valence electrons. The second-order valence-electron chi connectivity index (χ2n) is 5.81. The van der Waals surface area contributed by atoms with E-state index in [2.05, 4.69) is 38.3 Å². The summed E-state index contributed by atoms with van der Waals surface area (Å²) in [5.41, 5.74) is -0.196. The zero-order valence-corrected chi connectivity index (χ0v) is 12.4. The minimum atomic E-state index is -0.433. The molecule has 0 aliphatic rings. The number of hydrogen-bond donors (Lipinski definition) is 2. The first kappa shape index (κ1) is 16.4. The van der Waals surface area contributed by atoms with Gasteiger partial charge in [-0.3, -0.25) is 4.79 Å². The molecule has 1 unspecified atom stereocenters. The van der Waals surface area contributed by atoms with Crippen molar-refractivity contribution in [2.75, 3.05) is 13.1 Å². The highest BCUT2D eigenvalue weighted by Crippen LogP contribution is 2.21. The third-order valence-electron chi connectivity index (χ3n) is 3.50. The van der Waals surface area contributed by atoms with E-state index in [1.807, 2.05) is 13.8 Å². The molecule has 0 saturated carbocycles. The van der Waals surface area contributed by atoms with Crippen LogP contribution in [0.5, 0.6) is 0 Å². The Kier molecular flexibility index (Phi) is 6.76. The summed E-state index contributed by atoms with van der Waals surface area (Å²) in [5.74, 6) is 0.119. The average molecular weight is 242 g/mol. The van der Waals surface area contributed by atoms with Crippen molar-refractivity contribution in [3.8, 4) is 0 Å². The molecule has 0 aliphatic heterocycles. The Balaban J connectivity index is 4.56. The Hall–Kier alpha value is -0.570. The number of nitrogens with one attached hydrogen (secondary N) is 2. The number of carbonyl (C=O) groups excluding carboxylic acids is 1. The monoisotopic (exact) mass is 242 g/mol. The molecule has 0 aromatic heterocycles. The van der Waals surface area contributed by atoms with Crippen LogP contribution in [-0.4, -0.2) is 24.5 Å². The van der Waals surface area contributed by atoms with Gasteiger partial charge in [-0.1, -0.05) is 34.1 Å². The van der Waals surface area contributed by atoms with Crippen LogP contribution in [0.4, 0.5) is 0 Å². The summed E-state index contributed by atoms with van der Waals surface area (Å²) in [5, 5.41) is 6.38. The Bertz CT molecular complexity index is 238. The van der Waals surface area contributed by atoms with Gasteiger partial charge in [-0.25, -0.2) is 0 Å². The van der Waals surface area contributed by atoms with Crippen LogP contribution < -0.4 is 10.6 Å². The minimum Gasteiger partial charge on any atom is -0.355 e. The summed E-state index contributed by atoms with van der Waals surface area (Å²) < 4.78 is 0. The Morgan fingerprint density at radius 1 is 1.12 bits per heavy atom. The largest absolute Gasteiger partial charge is 0.355 e. The molecule has 0 bridgehead atoms. The molecular formula is C14H30N2O. The summed E-state index contributed by atoms with van der Waals surface area (Å²) in [7, 11) is 0. The molecule has 0 radical (unpaired) electrons. The smallest absolute Gasteiger partial charge is 0.240 e. The molecule has 3 nitrogen and oxygen atoms in total. The van der Waals surface area contributed by atoms with Crippen LogP contribution in [0, 0.1) is 5.41 Å². The average Bonchev–Trinajstić information content (AvgIpc) is 2.27. The predicted octanol–water partition coefficient (Wildman–Crippen LogP) is 2.71. The van der Waals surface area contributed by atoms with Crippen molar-refractivity contribution in [3.63, 3.8) is 0 Å². The van der Waals surface area contributed by atoms with Crippen molar-refractivity contribution in [1.82, 2.24) is 10.6 Å². The van der Waals surface area contributed by atoms with Crippen molar-refractivity contribution >= 4 is 5.91 Å². The first-order valence-electron chi connectivity index (χ1n) is 6.84. The highest BCUT2D eigenvalue weighted by Gasteiger charge is 2.32. The fraction of sp³-hybridized carbons (Fsp3) is 0.929. The normalized spacial score (nSPS) is 15.4. The van der Waals surface area contributed by atoms with Gasteiger partial charge in [0.25, 0.3) is 0 Å². The van der Waals surface area contributed by atoms with E-state index in [0.29, 0.717) is 6.54 Å². The van der Waals surface area contributed by atoms with Crippen LogP contribution in [0.15, 0.2) is 0 Å². The maximum atomic E-state index is 12.1. The fourth-order valence-corrected chi connectivity index (χ4v) is 1.70. The van der Waals surface area contributed by atoms with Gasteiger partial charge in [0.15, 0.2) is 0 Å². The van der Waals surface area contributed by atoms with E-state index in [4.69, 9.17) is 0 Å². The third kappa shape index (κ3) is 5.53. The summed E-state index contributed by atoms with van der Waals surface area (Å²) >= 11 is 0. The number of hydrogen-bond acceptors (Lipinski definition) is 2. The van der Waals surface area contributed by atoms with Gasteiger partial charge in [-0.15, -0.1) is 0 Å². The van der Waals surface area contributed by atoms with E-state index in [9.17, 15) is 4.79 Å². The summed E-state index contributed by atoms with van der Waals surface area (Å²) in [6, 6.07) is 0. The Morgan fingerprint density at radius 2 is 1.71 bits per heavy atom. The molecule has 0 aromatic carbocycles. The Morgan fingerprint density at radius 3 is 2.12 bits per heavy atom. The molecule has 3 heteroatoms. The second-order valence-corrected chi connectivity index (χ2v) is 5.81. The topological polar surface area (TPSA) is 41.1 Å². The van der Waals surface area contributed by atoms with Crippen LogP contribution in [0.25, 0.3) is 0 Å². The first-order chi connectivity index (χ1) is 7.81. The van der Waals surface area contributed by atoms with Gasteiger partial charge in [0.1, 0.15) is 0 Å². The lowest BCUT2D eigenvalue weighted by Crippen LogP contribution is -2.56. The quantitative estimate of drug-likeness (QED) is 0.687. The summed E-state index contributed by atoms with van der Waals surface area (Å²) in [6.07, 6.45) is 2.99. The van der Waals surface area contributed by atoms with Crippen LogP contribution in [0.3, 0.4) is 0 Å². The maximum Gasteiger partial charge on any atom is 0.240 e. The zero-order chi connectivity index (χ0) is 13.5. The van der Waals surface area contributed by atoms with E-state index in [1.54, 1.807) is 0 Å². The highest BCUT2D eigenvalue weighted by atomic mass is 16.2. The van der Waals surface area contributed by atoms with Crippen molar-refractivity contribution in [3.05, 3.63) is 0 Å². The van der Waals surface area contributed by atoms with Gasteiger partial charge in [-0.2, -0.15) is 0 Å². The van der Waals surface area contributed by atoms with Crippen LogP contribution in [-0.2, 0) is 4.79 Å². The third-order valence-corrected chi connectivity index (χ3v) is 3.50. The number of rotatable bonds is 8. The van der Waals surface area contributed by atoms with Gasteiger partial charge in [0.05, 0.1) is 5.54 Å². The van der Waals surface area contributed by atoms with E-state index < -0.39 is 5.54 Å². The summed E-state index contributed by atoms with van der Waals surface area (Å²) in [4.78, 5) is 12.1. The van der Waals surface area contributed by atoms with Gasteiger partial charge in [0, 0.05) is 13.1 Å². The Labute approximate surface area is 107 Å². The molecule has 1 atom stereocenters. The highest BCUT2D eigenvalue weighted by molar-refractivity contribution is 5.85. The molecule has 0 spiro atoms. The van der Waals surface area contributed by atoms with Crippen molar-refractivity contribution in [2.24, 2.45) is 5.41 Å². The lowest BCUT2D eigenvalue weighted by atomic mass is 9.87. The predicted molar refractivity (Wildman–Crippen MR) is 74.1 cm³/mol. The second kappa shape index (κ2) is 7.00. The molecule has 0 rings (SSSR count). The van der Waals surface area contributed by atoms with Gasteiger partial charge >= 0.3 is 0 Å². The van der Waals surface area contributed by atoms with E-state index in [0.717, 1.165) is 25.8 Å². The first-order valence-corrected chi connectivity index (χ1v) is 6.84. The van der Waals surface area contributed by atoms with Crippen LogP contribution in [0.2, 0.25) is 0 Å². The van der Waals surface area contributed by atoms with E-state index >= 15 is 0 Å². The maximum absolute atomic E-state index is 12.1. The molecule has 0 saturated heterocycles. The van der Waals surface area contributed by atoms with Crippen LogP contribution >= 0.6 is 0 Å². The van der Waals surface area contributed by atoms with Gasteiger partial charge in [0.2, 0.25) is 5.91 Å². The molecular weight excluding hydrogens is 212 g/mol. The number of carbonyl (C=O) groups is 1. The molecule has 1 amide bonds. The van der Waals surface area contributed by atoms with Crippen LogP contribution in [0.1, 0.15) is 60.8 Å². The van der Waals surface area contributed by atoms with E-state index in [-0.39, 0.29) is 11.3 Å². The number of likely N-dealkylation sites (N-methyl/N-ethyl adjacent to an activating group) is 1. The number of amides is 1. The van der Waals surface area contributed by atoms with Gasteiger partial charge in [-0.05, 0) is 32.1 Å². The standard InChI is InChI=1S/C14H30N2O/c1-7-10-14(6,12(17)15-9-3)16-11-13(4,5)8-2/h16H,7-11H2,1-6H3,(H,15,17). The molecule has 0 heterocycles. The minimum absolute atomic E-state index is 0.119. The molecule has 17 heavy (non-hydrogen) atoms. The zero-order valence-electron chi connectivity index (χ0n) is 12.4. The lowest BCUT2D eigenvalue weighted by Gasteiger charge is -2.34. The van der Waals surface area contributed by atoms with E-state index in [1.165, 1.54) is 0 Å². The molecule has 2 N–H and O–H groups in total. The molecule has 0 aliphatic carbocycles. The van der Waals surface area contributed by atoms with Crippen molar-refractivity contribution < 1.29 is 4.79 Å². The van der Waals surface area contributed by atoms with Crippen molar-refractivity contribution in [1.29, 1.82) is 0 Å². The molecule has 0 fully saturated rings. The van der Waals surface area contributed by atoms with Crippen molar-refractivity contribution in [2.45, 2.75) is 66.3 Å². The summed E-state index contributed by atoms with van der Waals surface area (Å²) in [6.45, 7) is 14.3. The molecule has 0 aromatic rings. The fourth-order valence-electron chi connectivity index (χ4n) is 1.70.